The molecule has 1 saturated heterocycles. The molecular formula is C15H31NO. The van der Waals surface area contributed by atoms with Gasteiger partial charge in [-0.25, -0.2) is 0 Å². The van der Waals surface area contributed by atoms with Crippen molar-refractivity contribution < 1.29 is 4.74 Å². The Kier molecular flexibility index (Phi) is 8.72. The lowest BCUT2D eigenvalue weighted by atomic mass is 10.0. The summed E-state index contributed by atoms with van der Waals surface area (Å²) >= 11 is 0. The third-order valence-electron chi connectivity index (χ3n) is 3.61. The number of nitrogens with one attached hydrogen (secondary N) is 1. The topological polar surface area (TPSA) is 21.3 Å². The van der Waals surface area contributed by atoms with E-state index in [2.05, 4.69) is 19.2 Å². The fourth-order valence-electron chi connectivity index (χ4n) is 2.58. The van der Waals surface area contributed by atoms with Crippen LogP contribution in [0.4, 0.5) is 0 Å². The van der Waals surface area contributed by atoms with Crippen LogP contribution in [0.25, 0.3) is 0 Å². The molecule has 0 aromatic rings. The Morgan fingerprint density at radius 3 is 2.24 bits per heavy atom. The molecule has 102 valence electrons. The number of morpholine rings is 1. The highest BCUT2D eigenvalue weighted by Crippen LogP contribution is 2.12. The Morgan fingerprint density at radius 2 is 1.59 bits per heavy atom. The fraction of sp³-hybridized carbons (Fsp3) is 1.00. The summed E-state index contributed by atoms with van der Waals surface area (Å²) in [7, 11) is 0. The molecule has 0 aromatic heterocycles. The smallest absolute Gasteiger partial charge is 0.0620 e. The van der Waals surface area contributed by atoms with Crippen LogP contribution in [-0.4, -0.2) is 25.3 Å². The molecule has 1 heterocycles. The molecular weight excluding hydrogens is 210 g/mol. The summed E-state index contributed by atoms with van der Waals surface area (Å²) < 4.78 is 5.55. The maximum Gasteiger partial charge on any atom is 0.0620 e. The van der Waals surface area contributed by atoms with E-state index in [9.17, 15) is 0 Å². The van der Waals surface area contributed by atoms with Crippen LogP contribution in [0, 0.1) is 0 Å². The number of hydrogen-bond acceptors (Lipinski definition) is 2. The first-order chi connectivity index (χ1) is 8.33. The van der Waals surface area contributed by atoms with Crippen LogP contribution in [0.2, 0.25) is 0 Å². The van der Waals surface area contributed by atoms with Gasteiger partial charge in [0.1, 0.15) is 0 Å². The van der Waals surface area contributed by atoms with Crippen LogP contribution in [0.3, 0.4) is 0 Å². The SMILES string of the molecule is CCCCCCCCCC[C@H]1COC[C@H](C)N1. The van der Waals surface area contributed by atoms with Gasteiger partial charge in [0, 0.05) is 12.1 Å². The summed E-state index contributed by atoms with van der Waals surface area (Å²) in [5.74, 6) is 0. The molecule has 2 atom stereocenters. The number of rotatable bonds is 9. The van der Waals surface area contributed by atoms with Gasteiger partial charge in [0.25, 0.3) is 0 Å². The Morgan fingerprint density at radius 1 is 0.941 bits per heavy atom. The van der Waals surface area contributed by atoms with E-state index in [0.717, 1.165) is 13.2 Å². The van der Waals surface area contributed by atoms with Gasteiger partial charge >= 0.3 is 0 Å². The van der Waals surface area contributed by atoms with Crippen LogP contribution >= 0.6 is 0 Å². The first-order valence-corrected chi connectivity index (χ1v) is 7.66. The summed E-state index contributed by atoms with van der Waals surface area (Å²) in [6, 6.07) is 1.15. The van der Waals surface area contributed by atoms with Crippen molar-refractivity contribution in [2.75, 3.05) is 13.2 Å². The van der Waals surface area contributed by atoms with Crippen molar-refractivity contribution in [3.8, 4) is 0 Å². The summed E-state index contributed by atoms with van der Waals surface area (Å²) in [5, 5.41) is 3.61. The van der Waals surface area contributed by atoms with E-state index in [4.69, 9.17) is 4.74 Å². The maximum absolute atomic E-state index is 5.55. The largest absolute Gasteiger partial charge is 0.378 e. The van der Waals surface area contributed by atoms with E-state index in [-0.39, 0.29) is 0 Å². The summed E-state index contributed by atoms with van der Waals surface area (Å²) in [6.07, 6.45) is 12.6. The molecule has 0 aromatic carbocycles. The number of unbranched alkanes of at least 4 members (excludes halogenated alkanes) is 7. The summed E-state index contributed by atoms with van der Waals surface area (Å²) in [5.41, 5.74) is 0. The first kappa shape index (κ1) is 15.0. The molecule has 0 unspecified atom stereocenters. The van der Waals surface area contributed by atoms with Crippen LogP contribution < -0.4 is 5.32 Å². The molecule has 0 radical (unpaired) electrons. The zero-order valence-electron chi connectivity index (χ0n) is 11.8. The Hall–Kier alpha value is -0.0800. The van der Waals surface area contributed by atoms with Gasteiger partial charge in [0.05, 0.1) is 13.2 Å². The van der Waals surface area contributed by atoms with E-state index in [0.29, 0.717) is 12.1 Å². The van der Waals surface area contributed by atoms with E-state index < -0.39 is 0 Å². The van der Waals surface area contributed by atoms with Crippen LogP contribution in [0.15, 0.2) is 0 Å². The second-order valence-electron chi connectivity index (χ2n) is 5.57. The molecule has 0 spiro atoms. The minimum atomic E-state index is 0.544. The predicted octanol–water partition coefficient (Wildman–Crippen LogP) is 3.89. The first-order valence-electron chi connectivity index (χ1n) is 7.66. The molecule has 1 rings (SSSR count). The Balaban J connectivity index is 1.83. The van der Waals surface area contributed by atoms with E-state index in [1.807, 2.05) is 0 Å². The molecule has 17 heavy (non-hydrogen) atoms. The zero-order valence-corrected chi connectivity index (χ0v) is 11.8. The minimum Gasteiger partial charge on any atom is -0.378 e. The maximum atomic E-state index is 5.55. The molecule has 0 saturated carbocycles. The van der Waals surface area contributed by atoms with Gasteiger partial charge in [-0.3, -0.25) is 0 Å². The van der Waals surface area contributed by atoms with Crippen molar-refractivity contribution in [2.24, 2.45) is 0 Å². The van der Waals surface area contributed by atoms with E-state index in [1.165, 1.54) is 57.8 Å². The summed E-state index contributed by atoms with van der Waals surface area (Å²) in [6.45, 7) is 6.29. The zero-order chi connectivity index (χ0) is 12.3. The van der Waals surface area contributed by atoms with Crippen molar-refractivity contribution in [1.82, 2.24) is 5.32 Å². The van der Waals surface area contributed by atoms with Crippen LogP contribution in [0.5, 0.6) is 0 Å². The van der Waals surface area contributed by atoms with Gasteiger partial charge in [-0.1, -0.05) is 58.3 Å². The van der Waals surface area contributed by atoms with Crippen molar-refractivity contribution in [2.45, 2.75) is 83.7 Å². The van der Waals surface area contributed by atoms with Gasteiger partial charge in [0.15, 0.2) is 0 Å². The van der Waals surface area contributed by atoms with Crippen molar-refractivity contribution in [1.29, 1.82) is 0 Å². The lowest BCUT2D eigenvalue weighted by Crippen LogP contribution is -2.47. The number of hydrogen-bond donors (Lipinski definition) is 1. The van der Waals surface area contributed by atoms with Gasteiger partial charge in [-0.15, -0.1) is 0 Å². The highest BCUT2D eigenvalue weighted by molar-refractivity contribution is 4.75. The van der Waals surface area contributed by atoms with Crippen molar-refractivity contribution in [3.05, 3.63) is 0 Å². The lowest BCUT2D eigenvalue weighted by Gasteiger charge is -2.28. The quantitative estimate of drug-likeness (QED) is 0.618. The third kappa shape index (κ3) is 7.77. The van der Waals surface area contributed by atoms with Gasteiger partial charge in [-0.05, 0) is 13.3 Å². The monoisotopic (exact) mass is 241 g/mol. The normalized spacial score (nSPS) is 25.1. The molecule has 1 fully saturated rings. The predicted molar refractivity (Wildman–Crippen MR) is 74.4 cm³/mol. The van der Waals surface area contributed by atoms with E-state index in [1.54, 1.807) is 0 Å². The molecule has 0 amide bonds. The molecule has 0 bridgehead atoms. The van der Waals surface area contributed by atoms with E-state index >= 15 is 0 Å². The average molecular weight is 241 g/mol. The lowest BCUT2D eigenvalue weighted by molar-refractivity contribution is 0.0474. The van der Waals surface area contributed by atoms with Crippen molar-refractivity contribution in [3.63, 3.8) is 0 Å². The molecule has 1 N–H and O–H groups in total. The second-order valence-corrected chi connectivity index (χ2v) is 5.57. The van der Waals surface area contributed by atoms with Crippen LogP contribution in [-0.2, 0) is 4.74 Å². The highest BCUT2D eigenvalue weighted by Gasteiger charge is 2.17. The molecule has 1 aliphatic rings. The standard InChI is InChI=1S/C15H31NO/c1-3-4-5-6-7-8-9-10-11-15-13-17-12-14(2)16-15/h14-16H,3-13H2,1-2H3/t14-,15-/m0/s1. The fourth-order valence-corrected chi connectivity index (χ4v) is 2.58. The molecule has 1 aliphatic heterocycles. The highest BCUT2D eigenvalue weighted by atomic mass is 16.5. The molecule has 0 aliphatic carbocycles. The third-order valence-corrected chi connectivity index (χ3v) is 3.61. The molecule has 2 nitrogen and oxygen atoms in total. The van der Waals surface area contributed by atoms with Gasteiger partial charge in [0.2, 0.25) is 0 Å². The van der Waals surface area contributed by atoms with Crippen molar-refractivity contribution >= 4 is 0 Å². The Bertz CT molecular complexity index is 172. The van der Waals surface area contributed by atoms with Gasteiger partial charge < -0.3 is 10.1 Å². The average Bonchev–Trinajstić information content (AvgIpc) is 2.33. The second kappa shape index (κ2) is 9.90. The molecule has 2 heteroatoms. The summed E-state index contributed by atoms with van der Waals surface area (Å²) in [4.78, 5) is 0. The Labute approximate surface area is 108 Å². The number of ether oxygens (including phenoxy) is 1. The minimum absolute atomic E-state index is 0.544. The van der Waals surface area contributed by atoms with Crippen LogP contribution in [0.1, 0.15) is 71.6 Å². The van der Waals surface area contributed by atoms with Gasteiger partial charge in [-0.2, -0.15) is 0 Å².